The van der Waals surface area contributed by atoms with E-state index in [9.17, 15) is 13.6 Å². The van der Waals surface area contributed by atoms with E-state index < -0.39 is 17.7 Å². The Kier molecular flexibility index (Phi) is 3.89. The van der Waals surface area contributed by atoms with Gasteiger partial charge >= 0.3 is 0 Å². The van der Waals surface area contributed by atoms with Gasteiger partial charge in [0.1, 0.15) is 18.2 Å². The number of hydrogen-bond donors (Lipinski definition) is 1. The first kappa shape index (κ1) is 13.2. The maximum atomic E-state index is 13.5. The minimum atomic E-state index is -0.671. The summed E-state index contributed by atoms with van der Waals surface area (Å²) in [6, 6.07) is 2.76. The maximum Gasteiger partial charge on any atom is 0.240 e. The maximum absolute atomic E-state index is 13.5. The second-order valence-corrected chi connectivity index (χ2v) is 4.19. The molecule has 1 amide bonds. The van der Waals surface area contributed by atoms with Gasteiger partial charge in [0.05, 0.1) is 12.4 Å². The third kappa shape index (κ3) is 3.37. The van der Waals surface area contributed by atoms with E-state index >= 15 is 0 Å². The normalized spacial score (nSPS) is 12.2. The molecule has 0 saturated heterocycles. The summed E-state index contributed by atoms with van der Waals surface area (Å²) >= 11 is 0. The Morgan fingerprint density at radius 3 is 2.89 bits per heavy atom. The fourth-order valence-corrected chi connectivity index (χ4v) is 1.76. The zero-order valence-corrected chi connectivity index (χ0v) is 10.3. The Bertz CT molecular complexity index is 569. The Balaban J connectivity index is 2.00. The van der Waals surface area contributed by atoms with Crippen LogP contribution in [-0.2, 0) is 11.3 Å². The molecule has 1 aromatic carbocycles. The highest BCUT2D eigenvalue weighted by atomic mass is 19.1. The highest BCUT2D eigenvalue weighted by Gasteiger charge is 2.14. The molecule has 1 N–H and O–H groups in total. The number of aromatic nitrogens is 2. The van der Waals surface area contributed by atoms with E-state index in [0.29, 0.717) is 0 Å². The van der Waals surface area contributed by atoms with Gasteiger partial charge < -0.3 is 9.88 Å². The SMILES string of the molecule is CC(NC(=O)Cn1ccnc1)c1ccc(F)cc1F. The summed E-state index contributed by atoms with van der Waals surface area (Å²) < 4.78 is 27.9. The number of carbonyl (C=O) groups excluding carboxylic acids is 1. The predicted octanol–water partition coefficient (Wildman–Crippen LogP) is 2.04. The van der Waals surface area contributed by atoms with Crippen LogP contribution in [0.15, 0.2) is 36.9 Å². The predicted molar refractivity (Wildman–Crippen MR) is 65.1 cm³/mol. The van der Waals surface area contributed by atoms with Crippen LogP contribution >= 0.6 is 0 Å². The number of nitrogens with zero attached hydrogens (tertiary/aromatic N) is 2. The second-order valence-electron chi connectivity index (χ2n) is 4.19. The molecule has 100 valence electrons. The van der Waals surface area contributed by atoms with E-state index in [0.717, 1.165) is 12.1 Å². The Labute approximate surface area is 109 Å². The molecular weight excluding hydrogens is 252 g/mol. The highest BCUT2D eigenvalue weighted by molar-refractivity contribution is 5.76. The van der Waals surface area contributed by atoms with Crippen molar-refractivity contribution in [2.45, 2.75) is 19.5 Å². The van der Waals surface area contributed by atoms with E-state index in [4.69, 9.17) is 0 Å². The minimum absolute atomic E-state index is 0.104. The van der Waals surface area contributed by atoms with Gasteiger partial charge in [0, 0.05) is 24.0 Å². The number of nitrogens with one attached hydrogen (secondary N) is 1. The molecule has 0 fully saturated rings. The molecule has 0 spiro atoms. The number of benzene rings is 1. The molecule has 0 saturated carbocycles. The van der Waals surface area contributed by atoms with Gasteiger partial charge in [-0.1, -0.05) is 6.07 Å². The molecule has 1 unspecified atom stereocenters. The van der Waals surface area contributed by atoms with Crippen molar-refractivity contribution < 1.29 is 13.6 Å². The van der Waals surface area contributed by atoms with Crippen molar-refractivity contribution in [3.8, 4) is 0 Å². The van der Waals surface area contributed by atoms with E-state index in [-0.39, 0.29) is 18.0 Å². The Hall–Kier alpha value is -2.24. The van der Waals surface area contributed by atoms with Crippen LogP contribution in [0.4, 0.5) is 8.78 Å². The lowest BCUT2D eigenvalue weighted by Gasteiger charge is -2.15. The third-order valence-electron chi connectivity index (χ3n) is 2.69. The van der Waals surface area contributed by atoms with Gasteiger partial charge in [-0.3, -0.25) is 4.79 Å². The lowest BCUT2D eigenvalue weighted by atomic mass is 10.1. The summed E-state index contributed by atoms with van der Waals surface area (Å²) in [4.78, 5) is 15.5. The first-order valence-electron chi connectivity index (χ1n) is 5.76. The molecule has 6 heteroatoms. The smallest absolute Gasteiger partial charge is 0.240 e. The quantitative estimate of drug-likeness (QED) is 0.919. The van der Waals surface area contributed by atoms with Crippen LogP contribution in [0.1, 0.15) is 18.5 Å². The van der Waals surface area contributed by atoms with Gasteiger partial charge in [-0.2, -0.15) is 0 Å². The van der Waals surface area contributed by atoms with Crippen LogP contribution < -0.4 is 5.32 Å². The number of imidazole rings is 1. The molecule has 19 heavy (non-hydrogen) atoms. The summed E-state index contributed by atoms with van der Waals surface area (Å²) in [6.45, 7) is 1.75. The highest BCUT2D eigenvalue weighted by Crippen LogP contribution is 2.17. The Morgan fingerprint density at radius 1 is 1.47 bits per heavy atom. The summed E-state index contributed by atoms with van der Waals surface area (Å²) in [5, 5.41) is 2.64. The van der Waals surface area contributed by atoms with Gasteiger partial charge in [-0.05, 0) is 13.0 Å². The van der Waals surface area contributed by atoms with Crippen molar-refractivity contribution in [2.75, 3.05) is 0 Å². The van der Waals surface area contributed by atoms with Crippen LogP contribution in [0.5, 0.6) is 0 Å². The molecule has 2 rings (SSSR count). The largest absolute Gasteiger partial charge is 0.348 e. The molecular formula is C13H13F2N3O. The molecule has 0 aliphatic heterocycles. The number of hydrogen-bond acceptors (Lipinski definition) is 2. The van der Waals surface area contributed by atoms with Gasteiger partial charge in [0.2, 0.25) is 5.91 Å². The molecule has 0 radical (unpaired) electrons. The second kappa shape index (κ2) is 5.60. The van der Waals surface area contributed by atoms with Crippen molar-refractivity contribution in [1.82, 2.24) is 14.9 Å². The fourth-order valence-electron chi connectivity index (χ4n) is 1.76. The minimum Gasteiger partial charge on any atom is -0.348 e. The molecule has 2 aromatic rings. The molecule has 4 nitrogen and oxygen atoms in total. The van der Waals surface area contributed by atoms with E-state index in [1.54, 1.807) is 23.9 Å². The number of amides is 1. The third-order valence-corrected chi connectivity index (χ3v) is 2.69. The van der Waals surface area contributed by atoms with Crippen LogP contribution in [0.25, 0.3) is 0 Å². The van der Waals surface area contributed by atoms with Crippen LogP contribution in [0.3, 0.4) is 0 Å². The Morgan fingerprint density at radius 2 is 2.26 bits per heavy atom. The van der Waals surface area contributed by atoms with Crippen molar-refractivity contribution in [1.29, 1.82) is 0 Å². The van der Waals surface area contributed by atoms with Crippen molar-refractivity contribution >= 4 is 5.91 Å². The molecule has 0 aliphatic carbocycles. The summed E-state index contributed by atoms with van der Waals surface area (Å²) in [5.74, 6) is -1.58. The number of carbonyl (C=O) groups is 1. The van der Waals surface area contributed by atoms with Gasteiger partial charge in [-0.15, -0.1) is 0 Å². The van der Waals surface area contributed by atoms with Crippen LogP contribution in [0, 0.1) is 11.6 Å². The van der Waals surface area contributed by atoms with Gasteiger partial charge in [-0.25, -0.2) is 13.8 Å². The molecule has 1 heterocycles. The average molecular weight is 265 g/mol. The van der Waals surface area contributed by atoms with Crippen molar-refractivity contribution in [3.05, 3.63) is 54.1 Å². The molecule has 1 aromatic heterocycles. The number of rotatable bonds is 4. The summed E-state index contributed by atoms with van der Waals surface area (Å²) in [5.41, 5.74) is 0.250. The van der Waals surface area contributed by atoms with Crippen LogP contribution in [0.2, 0.25) is 0 Å². The van der Waals surface area contributed by atoms with Gasteiger partial charge in [0.15, 0.2) is 0 Å². The molecule has 1 atom stereocenters. The lowest BCUT2D eigenvalue weighted by Crippen LogP contribution is -2.30. The summed E-state index contributed by atoms with van der Waals surface area (Å²) in [7, 11) is 0. The summed E-state index contributed by atoms with van der Waals surface area (Å²) in [6.07, 6.45) is 4.74. The first-order chi connectivity index (χ1) is 9.06. The van der Waals surface area contributed by atoms with E-state index in [1.807, 2.05) is 0 Å². The topological polar surface area (TPSA) is 46.9 Å². The number of halogens is 2. The van der Waals surface area contributed by atoms with E-state index in [2.05, 4.69) is 10.3 Å². The lowest BCUT2D eigenvalue weighted by molar-refractivity contribution is -0.122. The molecule has 0 aliphatic rings. The zero-order chi connectivity index (χ0) is 13.8. The first-order valence-corrected chi connectivity index (χ1v) is 5.76. The standard InChI is InChI=1S/C13H13F2N3O/c1-9(11-3-2-10(14)6-12(11)15)17-13(19)7-18-5-4-16-8-18/h2-6,8-9H,7H2,1H3,(H,17,19). The molecule has 0 bridgehead atoms. The van der Waals surface area contributed by atoms with E-state index in [1.165, 1.54) is 12.4 Å². The zero-order valence-electron chi connectivity index (χ0n) is 10.3. The van der Waals surface area contributed by atoms with Crippen LogP contribution in [-0.4, -0.2) is 15.5 Å². The van der Waals surface area contributed by atoms with Gasteiger partial charge in [0.25, 0.3) is 0 Å². The average Bonchev–Trinajstić information content (AvgIpc) is 2.81. The van der Waals surface area contributed by atoms with Crippen molar-refractivity contribution in [2.24, 2.45) is 0 Å². The van der Waals surface area contributed by atoms with Crippen molar-refractivity contribution in [3.63, 3.8) is 0 Å². The fraction of sp³-hybridized carbons (Fsp3) is 0.231. The monoisotopic (exact) mass is 265 g/mol.